The Bertz CT molecular complexity index is 474. The van der Waals surface area contributed by atoms with Crippen LogP contribution in [0.4, 0.5) is 0 Å². The summed E-state index contributed by atoms with van der Waals surface area (Å²) in [6.45, 7) is 4.34. The van der Waals surface area contributed by atoms with E-state index in [1.54, 1.807) is 12.3 Å². The maximum atomic E-state index is 9.35. The Labute approximate surface area is 95.6 Å². The van der Waals surface area contributed by atoms with Crippen molar-refractivity contribution in [3.63, 3.8) is 0 Å². The first-order chi connectivity index (χ1) is 7.66. The summed E-state index contributed by atoms with van der Waals surface area (Å²) in [5.41, 5.74) is 3.33. The van der Waals surface area contributed by atoms with Gasteiger partial charge in [0.1, 0.15) is 5.75 Å². The van der Waals surface area contributed by atoms with Gasteiger partial charge in [-0.25, -0.2) is 0 Å². The molecule has 2 heteroatoms. The second-order valence-corrected chi connectivity index (χ2v) is 4.21. The van der Waals surface area contributed by atoms with Gasteiger partial charge in [-0.1, -0.05) is 38.1 Å². The third-order valence-electron chi connectivity index (χ3n) is 2.63. The monoisotopic (exact) mass is 213 g/mol. The summed E-state index contributed by atoms with van der Waals surface area (Å²) in [6.07, 6.45) is 3.19. The highest BCUT2D eigenvalue weighted by Gasteiger charge is 2.01. The van der Waals surface area contributed by atoms with Crippen molar-refractivity contribution in [3.05, 3.63) is 48.3 Å². The van der Waals surface area contributed by atoms with Gasteiger partial charge in [0, 0.05) is 11.8 Å². The van der Waals surface area contributed by atoms with Crippen LogP contribution in [-0.2, 0) is 0 Å². The number of aromatic nitrogens is 1. The fourth-order valence-electron chi connectivity index (χ4n) is 1.65. The van der Waals surface area contributed by atoms with Crippen LogP contribution in [0.25, 0.3) is 11.1 Å². The van der Waals surface area contributed by atoms with Gasteiger partial charge in [-0.05, 0) is 23.1 Å². The predicted octanol–water partition coefficient (Wildman–Crippen LogP) is 3.58. The highest BCUT2D eigenvalue weighted by atomic mass is 16.3. The van der Waals surface area contributed by atoms with Crippen molar-refractivity contribution < 1.29 is 5.11 Å². The minimum absolute atomic E-state index is 0.199. The lowest BCUT2D eigenvalue weighted by atomic mass is 9.99. The van der Waals surface area contributed by atoms with E-state index >= 15 is 0 Å². The van der Waals surface area contributed by atoms with Crippen LogP contribution in [0.1, 0.15) is 25.3 Å². The Morgan fingerprint density at radius 2 is 1.69 bits per heavy atom. The van der Waals surface area contributed by atoms with Crippen molar-refractivity contribution in [1.29, 1.82) is 0 Å². The van der Waals surface area contributed by atoms with Crippen LogP contribution in [0.5, 0.6) is 5.75 Å². The van der Waals surface area contributed by atoms with Crippen molar-refractivity contribution in [2.24, 2.45) is 0 Å². The maximum absolute atomic E-state index is 9.35. The third kappa shape index (κ3) is 2.22. The Morgan fingerprint density at radius 3 is 2.25 bits per heavy atom. The molecular formula is C14H15NO. The van der Waals surface area contributed by atoms with Crippen molar-refractivity contribution in [1.82, 2.24) is 4.98 Å². The Balaban J connectivity index is 2.35. The van der Waals surface area contributed by atoms with E-state index < -0.39 is 0 Å². The molecule has 0 fully saturated rings. The number of nitrogens with zero attached hydrogens (tertiary/aromatic N) is 1. The first-order valence-electron chi connectivity index (χ1n) is 5.41. The third-order valence-corrected chi connectivity index (χ3v) is 2.63. The van der Waals surface area contributed by atoms with Crippen molar-refractivity contribution in [3.8, 4) is 16.9 Å². The minimum Gasteiger partial charge on any atom is -0.506 e. The number of rotatable bonds is 2. The molecule has 16 heavy (non-hydrogen) atoms. The van der Waals surface area contributed by atoms with Crippen LogP contribution in [0.3, 0.4) is 0 Å². The SMILES string of the molecule is CC(C)c1ccc(-c2cncc(O)c2)cc1. The fourth-order valence-corrected chi connectivity index (χ4v) is 1.65. The van der Waals surface area contributed by atoms with Gasteiger partial charge in [-0.2, -0.15) is 0 Å². The van der Waals surface area contributed by atoms with Crippen LogP contribution >= 0.6 is 0 Å². The number of aromatic hydroxyl groups is 1. The topological polar surface area (TPSA) is 33.1 Å². The molecule has 0 spiro atoms. The molecule has 1 heterocycles. The summed E-state index contributed by atoms with van der Waals surface area (Å²) in [6, 6.07) is 10.1. The molecule has 82 valence electrons. The average molecular weight is 213 g/mol. The fraction of sp³-hybridized carbons (Fsp3) is 0.214. The molecule has 1 aromatic carbocycles. The average Bonchev–Trinajstić information content (AvgIpc) is 2.29. The summed E-state index contributed by atoms with van der Waals surface area (Å²) in [5.74, 6) is 0.738. The van der Waals surface area contributed by atoms with Crippen LogP contribution in [0, 0.1) is 0 Å². The standard InChI is InChI=1S/C14H15NO/c1-10(2)11-3-5-12(6-4-11)13-7-14(16)9-15-8-13/h3-10,16H,1-2H3. The lowest BCUT2D eigenvalue weighted by Gasteiger charge is -2.07. The van der Waals surface area contributed by atoms with Crippen molar-refractivity contribution in [2.45, 2.75) is 19.8 Å². The van der Waals surface area contributed by atoms with Gasteiger partial charge in [0.15, 0.2) is 0 Å². The molecule has 2 aromatic rings. The van der Waals surface area contributed by atoms with Gasteiger partial charge >= 0.3 is 0 Å². The molecule has 0 atom stereocenters. The minimum atomic E-state index is 0.199. The van der Waals surface area contributed by atoms with Gasteiger partial charge in [-0.15, -0.1) is 0 Å². The van der Waals surface area contributed by atoms with E-state index in [1.807, 2.05) is 0 Å². The molecule has 0 saturated heterocycles. The normalized spacial score (nSPS) is 10.7. The Morgan fingerprint density at radius 1 is 1.00 bits per heavy atom. The van der Waals surface area contributed by atoms with Crippen LogP contribution in [-0.4, -0.2) is 10.1 Å². The van der Waals surface area contributed by atoms with Gasteiger partial charge in [0.2, 0.25) is 0 Å². The highest BCUT2D eigenvalue weighted by molar-refractivity contribution is 5.64. The van der Waals surface area contributed by atoms with Crippen molar-refractivity contribution in [2.75, 3.05) is 0 Å². The lowest BCUT2D eigenvalue weighted by molar-refractivity contribution is 0.473. The smallest absolute Gasteiger partial charge is 0.134 e. The first-order valence-corrected chi connectivity index (χ1v) is 5.41. The molecule has 2 rings (SSSR count). The first kappa shape index (κ1) is 10.7. The molecular weight excluding hydrogens is 198 g/mol. The van der Waals surface area contributed by atoms with Crippen LogP contribution < -0.4 is 0 Å². The number of pyridine rings is 1. The number of benzene rings is 1. The van der Waals surface area contributed by atoms with E-state index in [0.717, 1.165) is 11.1 Å². The molecule has 0 aliphatic rings. The summed E-state index contributed by atoms with van der Waals surface area (Å²) < 4.78 is 0. The summed E-state index contributed by atoms with van der Waals surface area (Å²) in [4.78, 5) is 3.97. The van der Waals surface area contributed by atoms with Gasteiger partial charge in [0.25, 0.3) is 0 Å². The van der Waals surface area contributed by atoms with Gasteiger partial charge in [-0.3, -0.25) is 4.98 Å². The van der Waals surface area contributed by atoms with E-state index in [2.05, 4.69) is 43.1 Å². The van der Waals surface area contributed by atoms with Crippen molar-refractivity contribution >= 4 is 0 Å². The number of hydrogen-bond donors (Lipinski definition) is 1. The molecule has 0 bridgehead atoms. The maximum Gasteiger partial charge on any atom is 0.134 e. The second-order valence-electron chi connectivity index (χ2n) is 4.21. The molecule has 0 amide bonds. The zero-order valence-electron chi connectivity index (χ0n) is 9.51. The van der Waals surface area contributed by atoms with Gasteiger partial charge in [0.05, 0.1) is 6.20 Å². The lowest BCUT2D eigenvalue weighted by Crippen LogP contribution is -1.87. The quantitative estimate of drug-likeness (QED) is 0.827. The molecule has 0 aliphatic carbocycles. The summed E-state index contributed by atoms with van der Waals surface area (Å²) in [7, 11) is 0. The van der Waals surface area contributed by atoms with E-state index in [-0.39, 0.29) is 5.75 Å². The van der Waals surface area contributed by atoms with Gasteiger partial charge < -0.3 is 5.11 Å². The Kier molecular flexibility index (Phi) is 2.91. The van der Waals surface area contributed by atoms with E-state index in [4.69, 9.17) is 0 Å². The van der Waals surface area contributed by atoms with Crippen LogP contribution in [0.15, 0.2) is 42.7 Å². The second kappa shape index (κ2) is 4.35. The number of hydrogen-bond acceptors (Lipinski definition) is 2. The van der Waals surface area contributed by atoms with Crippen LogP contribution in [0.2, 0.25) is 0 Å². The molecule has 0 radical (unpaired) electrons. The van der Waals surface area contributed by atoms with E-state index in [0.29, 0.717) is 5.92 Å². The van der Waals surface area contributed by atoms with E-state index in [1.165, 1.54) is 11.8 Å². The summed E-state index contributed by atoms with van der Waals surface area (Å²) in [5, 5.41) is 9.35. The molecule has 2 nitrogen and oxygen atoms in total. The summed E-state index contributed by atoms with van der Waals surface area (Å²) >= 11 is 0. The molecule has 1 N–H and O–H groups in total. The molecule has 0 saturated carbocycles. The highest BCUT2D eigenvalue weighted by Crippen LogP contribution is 2.24. The predicted molar refractivity (Wildman–Crippen MR) is 65.4 cm³/mol. The molecule has 0 aliphatic heterocycles. The van der Waals surface area contributed by atoms with E-state index in [9.17, 15) is 5.11 Å². The zero-order chi connectivity index (χ0) is 11.5. The molecule has 1 aromatic heterocycles. The Hall–Kier alpha value is -1.83. The molecule has 0 unspecified atom stereocenters. The largest absolute Gasteiger partial charge is 0.506 e. The zero-order valence-corrected chi connectivity index (χ0v) is 9.51.